The molecule has 0 saturated heterocycles. The van der Waals surface area contributed by atoms with E-state index in [9.17, 15) is 4.79 Å². The molecule has 0 fully saturated rings. The van der Waals surface area contributed by atoms with E-state index in [1.165, 1.54) is 0 Å². The first-order valence-corrected chi connectivity index (χ1v) is 7.87. The summed E-state index contributed by atoms with van der Waals surface area (Å²) in [6, 6.07) is 12.1. The topological polar surface area (TPSA) is 57.4 Å². The van der Waals surface area contributed by atoms with E-state index in [-0.39, 0.29) is 18.1 Å². The highest BCUT2D eigenvalue weighted by Gasteiger charge is 2.13. The van der Waals surface area contributed by atoms with Gasteiger partial charge in [-0.05, 0) is 35.4 Å². The van der Waals surface area contributed by atoms with E-state index in [0.29, 0.717) is 6.79 Å². The molecule has 0 atom stereocenters. The van der Waals surface area contributed by atoms with Crippen molar-refractivity contribution in [1.29, 1.82) is 0 Å². The van der Waals surface area contributed by atoms with Crippen molar-refractivity contribution in [3.63, 3.8) is 0 Å². The van der Waals surface area contributed by atoms with Crippen molar-refractivity contribution in [3.05, 3.63) is 58.0 Å². The molecule has 0 bridgehead atoms. The summed E-state index contributed by atoms with van der Waals surface area (Å²) < 4.78 is 14.1. The van der Waals surface area contributed by atoms with Gasteiger partial charge in [-0.3, -0.25) is 9.13 Å². The van der Waals surface area contributed by atoms with E-state index in [0.717, 1.165) is 46.7 Å². The molecule has 6 nitrogen and oxygen atoms in total. The summed E-state index contributed by atoms with van der Waals surface area (Å²) in [6.07, 6.45) is 0. The molecule has 0 amide bonds. The lowest BCUT2D eigenvalue weighted by atomic mass is 10.1. The Bertz CT molecular complexity index is 978. The maximum Gasteiger partial charge on any atom is 0.328 e. The van der Waals surface area contributed by atoms with Gasteiger partial charge in [0.1, 0.15) is 0 Å². The zero-order valence-corrected chi connectivity index (χ0v) is 14.8. The largest absolute Gasteiger partial charge is 1.00 e. The third-order valence-corrected chi connectivity index (χ3v) is 4.43. The minimum Gasteiger partial charge on any atom is -1.00 e. The number of nitrogens with zero attached hydrogens (tertiary/aromatic N) is 2. The third kappa shape index (κ3) is 3.10. The van der Waals surface area contributed by atoms with Crippen LogP contribution in [0.3, 0.4) is 0 Å². The number of fused-ring (bicyclic) bond motifs is 2. The minimum absolute atomic E-state index is 0. The SMILES string of the molecule is Cn1c(=O)n(C)c2cc(CNCc3ccc4c(c3)OCO4)ccc21.[Cl-]. The number of hydrogen-bond donors (Lipinski definition) is 1. The monoisotopic (exact) mass is 360 g/mol. The van der Waals surface area contributed by atoms with E-state index in [4.69, 9.17) is 9.47 Å². The number of nitrogens with one attached hydrogen (secondary N) is 1. The first kappa shape index (κ1) is 17.4. The van der Waals surface area contributed by atoms with Crippen LogP contribution in [-0.4, -0.2) is 15.9 Å². The summed E-state index contributed by atoms with van der Waals surface area (Å²) in [6.45, 7) is 1.76. The molecule has 25 heavy (non-hydrogen) atoms. The van der Waals surface area contributed by atoms with E-state index in [1.54, 1.807) is 23.2 Å². The van der Waals surface area contributed by atoms with Crippen LogP contribution in [0, 0.1) is 0 Å². The first-order valence-electron chi connectivity index (χ1n) is 7.87. The van der Waals surface area contributed by atoms with Gasteiger partial charge in [0.15, 0.2) is 11.5 Å². The molecular weight excluding hydrogens is 342 g/mol. The predicted molar refractivity (Wildman–Crippen MR) is 91.3 cm³/mol. The third-order valence-electron chi connectivity index (χ3n) is 4.43. The Hall–Kier alpha value is -2.44. The molecule has 7 heteroatoms. The smallest absolute Gasteiger partial charge is 0.328 e. The molecule has 1 aliphatic rings. The lowest BCUT2D eigenvalue weighted by molar-refractivity contribution is -0.00000656. The number of benzene rings is 2. The number of imidazole rings is 1. The van der Waals surface area contributed by atoms with Crippen LogP contribution in [0.15, 0.2) is 41.2 Å². The summed E-state index contributed by atoms with van der Waals surface area (Å²) in [5, 5.41) is 3.42. The highest BCUT2D eigenvalue weighted by molar-refractivity contribution is 5.76. The van der Waals surface area contributed by atoms with E-state index in [2.05, 4.69) is 17.4 Å². The van der Waals surface area contributed by atoms with Crippen molar-refractivity contribution < 1.29 is 21.9 Å². The van der Waals surface area contributed by atoms with Gasteiger partial charge in [-0.25, -0.2) is 4.79 Å². The lowest BCUT2D eigenvalue weighted by Crippen LogP contribution is -3.00. The van der Waals surface area contributed by atoms with Crippen LogP contribution in [0.25, 0.3) is 11.0 Å². The molecule has 0 radical (unpaired) electrons. The van der Waals surface area contributed by atoms with Gasteiger partial charge in [-0.1, -0.05) is 12.1 Å². The van der Waals surface area contributed by atoms with E-state index in [1.807, 2.05) is 24.3 Å². The number of halogens is 1. The van der Waals surface area contributed by atoms with Gasteiger partial charge >= 0.3 is 5.69 Å². The van der Waals surface area contributed by atoms with Crippen LogP contribution in [-0.2, 0) is 27.2 Å². The molecule has 2 aromatic carbocycles. The second kappa shape index (κ2) is 6.82. The van der Waals surface area contributed by atoms with Gasteiger partial charge in [0, 0.05) is 27.2 Å². The van der Waals surface area contributed by atoms with Crippen molar-refractivity contribution in [1.82, 2.24) is 14.5 Å². The maximum absolute atomic E-state index is 12.0. The molecule has 1 N–H and O–H groups in total. The Balaban J connectivity index is 0.00000182. The zero-order valence-electron chi connectivity index (χ0n) is 14.1. The molecule has 1 aliphatic heterocycles. The minimum atomic E-state index is -0.00420. The molecule has 0 aliphatic carbocycles. The number of aromatic nitrogens is 2. The molecule has 0 unspecified atom stereocenters. The fraction of sp³-hybridized carbons (Fsp3) is 0.278. The number of rotatable bonds is 4. The van der Waals surface area contributed by atoms with Gasteiger partial charge < -0.3 is 27.2 Å². The molecule has 3 aromatic rings. The van der Waals surface area contributed by atoms with Gasteiger partial charge in [0.2, 0.25) is 6.79 Å². The highest BCUT2D eigenvalue weighted by atomic mass is 35.5. The van der Waals surface area contributed by atoms with E-state index >= 15 is 0 Å². The number of aryl methyl sites for hydroxylation is 2. The standard InChI is InChI=1S/C18H19N3O3.ClH/c1-20-14-5-3-12(7-15(14)21(2)18(20)22)9-19-10-13-4-6-16-17(8-13)24-11-23-16;/h3-8,19H,9-11H2,1-2H3;1H/p-1. The average molecular weight is 361 g/mol. The molecule has 4 rings (SSSR count). The second-order valence-corrected chi connectivity index (χ2v) is 6.01. The van der Waals surface area contributed by atoms with Crippen molar-refractivity contribution in [2.45, 2.75) is 13.1 Å². The van der Waals surface area contributed by atoms with Crippen molar-refractivity contribution in [2.75, 3.05) is 6.79 Å². The zero-order chi connectivity index (χ0) is 16.7. The fourth-order valence-electron chi connectivity index (χ4n) is 3.06. The quantitative estimate of drug-likeness (QED) is 0.642. The summed E-state index contributed by atoms with van der Waals surface area (Å²) in [5.41, 5.74) is 4.18. The van der Waals surface area contributed by atoms with Gasteiger partial charge in [-0.2, -0.15) is 0 Å². The summed E-state index contributed by atoms with van der Waals surface area (Å²) in [7, 11) is 3.59. The Morgan fingerprint density at radius 3 is 2.36 bits per heavy atom. The van der Waals surface area contributed by atoms with Crippen LogP contribution in [0.4, 0.5) is 0 Å². The lowest BCUT2D eigenvalue weighted by Gasteiger charge is -2.07. The van der Waals surface area contributed by atoms with Gasteiger partial charge in [-0.15, -0.1) is 0 Å². The average Bonchev–Trinajstić information content (AvgIpc) is 3.14. The van der Waals surface area contributed by atoms with Crippen LogP contribution >= 0.6 is 0 Å². The van der Waals surface area contributed by atoms with Crippen molar-refractivity contribution >= 4 is 11.0 Å². The summed E-state index contributed by atoms with van der Waals surface area (Å²) in [4.78, 5) is 12.0. The Labute approximate surface area is 151 Å². The Kier molecular flexibility index (Phi) is 4.74. The Morgan fingerprint density at radius 1 is 0.920 bits per heavy atom. The summed E-state index contributed by atoms with van der Waals surface area (Å²) in [5.74, 6) is 1.60. The van der Waals surface area contributed by atoms with Crippen molar-refractivity contribution in [2.24, 2.45) is 14.1 Å². The van der Waals surface area contributed by atoms with Gasteiger partial charge in [0.25, 0.3) is 0 Å². The molecule has 132 valence electrons. The fourth-order valence-corrected chi connectivity index (χ4v) is 3.06. The predicted octanol–water partition coefficient (Wildman–Crippen LogP) is -1.10. The number of hydrogen-bond acceptors (Lipinski definition) is 4. The molecule has 0 spiro atoms. The first-order chi connectivity index (χ1) is 11.6. The normalized spacial score (nSPS) is 12.4. The Morgan fingerprint density at radius 2 is 1.56 bits per heavy atom. The maximum atomic E-state index is 12.0. The van der Waals surface area contributed by atoms with Crippen LogP contribution in [0.2, 0.25) is 0 Å². The van der Waals surface area contributed by atoms with Gasteiger partial charge in [0.05, 0.1) is 11.0 Å². The summed E-state index contributed by atoms with van der Waals surface area (Å²) >= 11 is 0. The van der Waals surface area contributed by atoms with Crippen molar-refractivity contribution in [3.8, 4) is 11.5 Å². The highest BCUT2D eigenvalue weighted by Crippen LogP contribution is 2.32. The van der Waals surface area contributed by atoms with Crippen LogP contribution < -0.4 is 32.9 Å². The molecule has 0 saturated carbocycles. The van der Waals surface area contributed by atoms with Crippen LogP contribution in [0.1, 0.15) is 11.1 Å². The van der Waals surface area contributed by atoms with E-state index < -0.39 is 0 Å². The molecule has 1 aromatic heterocycles. The molecular formula is C18H19ClN3O3-. The molecule has 2 heterocycles. The number of ether oxygens (including phenoxy) is 2. The second-order valence-electron chi connectivity index (χ2n) is 6.01. The van der Waals surface area contributed by atoms with Crippen LogP contribution in [0.5, 0.6) is 11.5 Å².